The van der Waals surface area contributed by atoms with Crippen LogP contribution in [0.25, 0.3) is 0 Å². The zero-order valence-corrected chi connectivity index (χ0v) is 10.7. The minimum atomic E-state index is -0.554. The number of rotatable bonds is 4. The minimum absolute atomic E-state index is 0.232. The lowest BCUT2D eigenvalue weighted by atomic mass is 10.3. The first-order valence-corrected chi connectivity index (χ1v) is 5.66. The molecule has 0 spiro atoms. The first-order chi connectivity index (χ1) is 9.08. The maximum absolute atomic E-state index is 10.6. The molecular weight excluding hydrogens is 270 g/mol. The lowest BCUT2D eigenvalue weighted by Crippen LogP contribution is -2.02. The molecule has 2 aromatic rings. The van der Waals surface area contributed by atoms with Crippen molar-refractivity contribution >= 4 is 29.5 Å². The number of nitro groups is 1. The van der Waals surface area contributed by atoms with E-state index >= 15 is 0 Å². The van der Waals surface area contributed by atoms with Gasteiger partial charge >= 0.3 is 5.95 Å². The van der Waals surface area contributed by atoms with Gasteiger partial charge in [-0.2, -0.15) is 5.10 Å². The van der Waals surface area contributed by atoms with Gasteiger partial charge in [0.15, 0.2) is 5.69 Å². The molecule has 1 heterocycles. The molecule has 1 aromatic carbocycles. The summed E-state index contributed by atoms with van der Waals surface area (Å²) in [6.45, 7) is 0. The van der Waals surface area contributed by atoms with E-state index in [4.69, 9.17) is 11.6 Å². The molecule has 0 bridgehead atoms. The monoisotopic (exact) mass is 279 g/mol. The third kappa shape index (κ3) is 3.08. The average molecular weight is 280 g/mol. The summed E-state index contributed by atoms with van der Waals surface area (Å²) in [5.41, 5.74) is 4.01. The van der Waals surface area contributed by atoms with Gasteiger partial charge in [-0.15, -0.1) is 0 Å². The predicted molar refractivity (Wildman–Crippen MR) is 72.5 cm³/mol. The van der Waals surface area contributed by atoms with Crippen molar-refractivity contribution < 1.29 is 4.92 Å². The maximum atomic E-state index is 10.6. The van der Waals surface area contributed by atoms with Crippen molar-refractivity contribution in [3.8, 4) is 0 Å². The number of aromatic nitrogens is 2. The Morgan fingerprint density at radius 3 is 3.00 bits per heavy atom. The first-order valence-electron chi connectivity index (χ1n) is 5.28. The summed E-state index contributed by atoms with van der Waals surface area (Å²) in [6, 6.07) is 7.05. The summed E-state index contributed by atoms with van der Waals surface area (Å²) in [5, 5.41) is 15.2. The Labute approximate surface area is 113 Å². The summed E-state index contributed by atoms with van der Waals surface area (Å²) >= 11 is 5.82. The fourth-order valence-electron chi connectivity index (χ4n) is 1.43. The van der Waals surface area contributed by atoms with Crippen molar-refractivity contribution in [2.45, 2.75) is 0 Å². The fourth-order valence-corrected chi connectivity index (χ4v) is 1.62. The van der Waals surface area contributed by atoms with Crippen LogP contribution in [0.5, 0.6) is 0 Å². The van der Waals surface area contributed by atoms with Gasteiger partial charge in [-0.25, -0.2) is 4.57 Å². The third-order valence-corrected chi connectivity index (χ3v) is 2.61. The van der Waals surface area contributed by atoms with Crippen LogP contribution in [0, 0.1) is 10.1 Å². The van der Waals surface area contributed by atoms with Crippen LogP contribution in [0.4, 0.5) is 11.6 Å². The van der Waals surface area contributed by atoms with Gasteiger partial charge in [0.25, 0.3) is 0 Å². The van der Waals surface area contributed by atoms with Gasteiger partial charge < -0.3 is 10.1 Å². The van der Waals surface area contributed by atoms with E-state index in [2.05, 4.69) is 15.5 Å². The lowest BCUT2D eigenvalue weighted by Gasteiger charge is -1.99. The predicted octanol–water partition coefficient (Wildman–Crippen LogP) is 2.43. The van der Waals surface area contributed by atoms with Crippen molar-refractivity contribution in [3.63, 3.8) is 0 Å². The van der Waals surface area contributed by atoms with Crippen LogP contribution in [-0.4, -0.2) is 20.7 Å². The number of hydrogen-bond donors (Lipinski definition) is 1. The van der Waals surface area contributed by atoms with Gasteiger partial charge in [-0.3, -0.25) is 5.43 Å². The highest BCUT2D eigenvalue weighted by Crippen LogP contribution is 2.14. The molecule has 0 aliphatic heterocycles. The second-order valence-corrected chi connectivity index (χ2v) is 4.12. The quantitative estimate of drug-likeness (QED) is 0.529. The molecule has 0 atom stereocenters. The van der Waals surface area contributed by atoms with Crippen LogP contribution in [-0.2, 0) is 7.05 Å². The normalized spacial score (nSPS) is 10.8. The van der Waals surface area contributed by atoms with Gasteiger partial charge in [0.1, 0.15) is 6.20 Å². The number of hydrogen-bond acceptors (Lipinski definition) is 5. The van der Waals surface area contributed by atoms with E-state index < -0.39 is 4.92 Å². The summed E-state index contributed by atoms with van der Waals surface area (Å²) in [6.07, 6.45) is 2.82. The summed E-state index contributed by atoms with van der Waals surface area (Å²) in [4.78, 5) is 13.7. The summed E-state index contributed by atoms with van der Waals surface area (Å²) in [7, 11) is 1.55. The van der Waals surface area contributed by atoms with Gasteiger partial charge in [0.2, 0.25) is 0 Å². The van der Waals surface area contributed by atoms with Crippen molar-refractivity contribution in [2.75, 3.05) is 5.43 Å². The SMILES string of the molecule is Cn1c(/C=N/Nc2cccc(Cl)c2)cnc1[N+](=O)[O-]. The van der Waals surface area contributed by atoms with Crippen molar-refractivity contribution in [1.82, 2.24) is 9.55 Å². The Balaban J connectivity index is 2.09. The zero-order chi connectivity index (χ0) is 13.8. The number of nitrogens with zero attached hydrogens (tertiary/aromatic N) is 4. The van der Waals surface area contributed by atoms with E-state index in [1.54, 1.807) is 31.3 Å². The molecule has 0 aliphatic carbocycles. The molecule has 0 aliphatic rings. The van der Waals surface area contributed by atoms with Crippen LogP contribution in [0.1, 0.15) is 5.69 Å². The van der Waals surface area contributed by atoms with Gasteiger partial charge in [-0.05, 0) is 23.1 Å². The van der Waals surface area contributed by atoms with E-state index in [9.17, 15) is 10.1 Å². The topological polar surface area (TPSA) is 85.3 Å². The second kappa shape index (κ2) is 5.49. The van der Waals surface area contributed by atoms with E-state index in [-0.39, 0.29) is 5.95 Å². The van der Waals surface area contributed by atoms with Crippen LogP contribution in [0.3, 0.4) is 0 Å². The highest BCUT2D eigenvalue weighted by atomic mass is 35.5. The minimum Gasteiger partial charge on any atom is -0.390 e. The molecule has 1 N–H and O–H groups in total. The van der Waals surface area contributed by atoms with E-state index in [0.29, 0.717) is 10.7 Å². The maximum Gasteiger partial charge on any atom is 0.434 e. The fraction of sp³-hybridized carbons (Fsp3) is 0.0909. The van der Waals surface area contributed by atoms with Gasteiger partial charge in [-0.1, -0.05) is 22.7 Å². The number of benzene rings is 1. The Morgan fingerprint density at radius 2 is 2.37 bits per heavy atom. The molecule has 2 rings (SSSR count). The third-order valence-electron chi connectivity index (χ3n) is 2.38. The molecule has 19 heavy (non-hydrogen) atoms. The molecule has 1 aromatic heterocycles. The highest BCUT2D eigenvalue weighted by molar-refractivity contribution is 6.30. The molecule has 98 valence electrons. The van der Waals surface area contributed by atoms with Crippen LogP contribution >= 0.6 is 11.6 Å². The Kier molecular flexibility index (Phi) is 3.76. The van der Waals surface area contributed by atoms with Crippen LogP contribution < -0.4 is 5.43 Å². The number of hydrazone groups is 1. The Bertz CT molecular complexity index is 638. The molecule has 0 fully saturated rings. The number of halogens is 1. The van der Waals surface area contributed by atoms with E-state index in [1.807, 2.05) is 0 Å². The first kappa shape index (κ1) is 13.0. The van der Waals surface area contributed by atoms with Crippen LogP contribution in [0.15, 0.2) is 35.6 Å². The van der Waals surface area contributed by atoms with E-state index in [0.717, 1.165) is 5.69 Å². The lowest BCUT2D eigenvalue weighted by molar-refractivity contribution is -0.396. The van der Waals surface area contributed by atoms with Gasteiger partial charge in [0, 0.05) is 5.02 Å². The Morgan fingerprint density at radius 1 is 1.58 bits per heavy atom. The molecule has 0 unspecified atom stereocenters. The molecular formula is C11H10ClN5O2. The van der Waals surface area contributed by atoms with Crippen molar-refractivity contribution in [2.24, 2.45) is 12.1 Å². The average Bonchev–Trinajstić information content (AvgIpc) is 2.71. The van der Waals surface area contributed by atoms with Crippen LogP contribution in [0.2, 0.25) is 5.02 Å². The molecule has 0 radical (unpaired) electrons. The molecule has 8 heteroatoms. The number of nitrogens with one attached hydrogen (secondary N) is 1. The van der Waals surface area contributed by atoms with Crippen molar-refractivity contribution in [1.29, 1.82) is 0 Å². The van der Waals surface area contributed by atoms with Gasteiger partial charge in [0.05, 0.1) is 18.9 Å². The summed E-state index contributed by atoms with van der Waals surface area (Å²) in [5.74, 6) is -0.232. The summed E-state index contributed by atoms with van der Waals surface area (Å²) < 4.78 is 1.34. The molecule has 0 saturated carbocycles. The highest BCUT2D eigenvalue weighted by Gasteiger charge is 2.15. The zero-order valence-electron chi connectivity index (χ0n) is 9.95. The number of anilines is 1. The number of imidazole rings is 1. The Hall–Kier alpha value is -2.41. The van der Waals surface area contributed by atoms with Crippen molar-refractivity contribution in [3.05, 3.63) is 51.3 Å². The largest absolute Gasteiger partial charge is 0.434 e. The van der Waals surface area contributed by atoms with E-state index in [1.165, 1.54) is 17.0 Å². The smallest absolute Gasteiger partial charge is 0.390 e. The molecule has 0 amide bonds. The molecule has 7 nitrogen and oxygen atoms in total. The molecule has 0 saturated heterocycles. The standard InChI is InChI=1S/C11H10ClN5O2/c1-16-10(6-13-11(16)17(18)19)7-14-15-9-4-2-3-8(12)5-9/h2-7,15H,1H3/b14-7+. The second-order valence-electron chi connectivity index (χ2n) is 3.68.